The van der Waals surface area contributed by atoms with Gasteiger partial charge in [-0.05, 0) is 0 Å². The van der Waals surface area contributed by atoms with E-state index in [2.05, 4.69) is 9.47 Å². The van der Waals surface area contributed by atoms with E-state index in [1.54, 1.807) is 0 Å². The van der Waals surface area contributed by atoms with Gasteiger partial charge in [-0.1, -0.05) is 0 Å². The standard InChI is InChI=1S/2C4H6O4.Co/c2*1-3(5)8-2-4(6)7;/h2*2H2,1H3,(H,6,7);/q;;+2/p-2. The zero-order valence-electron chi connectivity index (χ0n) is 9.01. The number of carbonyl (C=O) groups is 4. The number of hydrogen-bond donors (Lipinski definition) is 0. The van der Waals surface area contributed by atoms with Crippen LogP contribution >= 0.6 is 0 Å². The average molecular weight is 293 g/mol. The van der Waals surface area contributed by atoms with Gasteiger partial charge >= 0.3 is 28.7 Å². The molecule has 0 aromatic carbocycles. The zero-order valence-corrected chi connectivity index (χ0v) is 10.1. The van der Waals surface area contributed by atoms with Gasteiger partial charge in [0.25, 0.3) is 0 Å². The predicted molar refractivity (Wildman–Crippen MR) is 43.3 cm³/mol. The van der Waals surface area contributed by atoms with Crippen LogP contribution in [0.5, 0.6) is 0 Å². The van der Waals surface area contributed by atoms with Gasteiger partial charge in [-0.3, -0.25) is 9.59 Å². The second-order valence-corrected chi connectivity index (χ2v) is 2.30. The molecule has 0 aliphatic rings. The van der Waals surface area contributed by atoms with E-state index in [4.69, 9.17) is 0 Å². The molecule has 99 valence electrons. The van der Waals surface area contributed by atoms with E-state index in [1.807, 2.05) is 0 Å². The van der Waals surface area contributed by atoms with E-state index in [0.717, 1.165) is 13.8 Å². The van der Waals surface area contributed by atoms with Crippen molar-refractivity contribution in [2.75, 3.05) is 13.2 Å². The van der Waals surface area contributed by atoms with Crippen molar-refractivity contribution in [2.45, 2.75) is 13.8 Å². The van der Waals surface area contributed by atoms with E-state index in [-0.39, 0.29) is 16.8 Å². The third kappa shape index (κ3) is 31.4. The van der Waals surface area contributed by atoms with Crippen LogP contribution in [-0.2, 0) is 45.4 Å². The van der Waals surface area contributed by atoms with Crippen LogP contribution < -0.4 is 10.2 Å². The van der Waals surface area contributed by atoms with E-state index >= 15 is 0 Å². The van der Waals surface area contributed by atoms with Gasteiger partial charge in [0.05, 0.1) is 11.9 Å². The van der Waals surface area contributed by atoms with Crippen molar-refractivity contribution in [1.82, 2.24) is 0 Å². The number of carboxylic acids is 2. The van der Waals surface area contributed by atoms with Gasteiger partial charge in [-0.25, -0.2) is 0 Å². The molecule has 0 amide bonds. The number of aliphatic carboxylic acids is 2. The summed E-state index contributed by atoms with van der Waals surface area (Å²) < 4.78 is 8.00. The Hall–Kier alpha value is -1.61. The fourth-order valence-electron chi connectivity index (χ4n) is 0.321. The third-order valence-corrected chi connectivity index (χ3v) is 0.787. The Balaban J connectivity index is -0.000000218. The van der Waals surface area contributed by atoms with E-state index < -0.39 is 37.1 Å². The van der Waals surface area contributed by atoms with Crippen LogP contribution in [0.4, 0.5) is 0 Å². The molecule has 0 bridgehead atoms. The fraction of sp³-hybridized carbons (Fsp3) is 0.500. The minimum Gasteiger partial charge on any atom is -0.546 e. The first-order valence-electron chi connectivity index (χ1n) is 3.92. The molecular formula is C8H10CoO8. The molecule has 8 nitrogen and oxygen atoms in total. The summed E-state index contributed by atoms with van der Waals surface area (Å²) in [7, 11) is 0. The number of ether oxygens (including phenoxy) is 2. The van der Waals surface area contributed by atoms with E-state index in [1.165, 1.54) is 0 Å². The van der Waals surface area contributed by atoms with Gasteiger partial charge in [0.1, 0.15) is 13.2 Å². The summed E-state index contributed by atoms with van der Waals surface area (Å²) in [6.45, 7) is 0.941. The van der Waals surface area contributed by atoms with Crippen LogP contribution in [0.1, 0.15) is 13.8 Å². The number of hydrogen-bond acceptors (Lipinski definition) is 8. The average Bonchev–Trinajstić information content (AvgIpc) is 2.12. The second kappa shape index (κ2) is 12.5. The molecule has 0 aliphatic heterocycles. The number of esters is 2. The van der Waals surface area contributed by atoms with Gasteiger partial charge in [-0.2, -0.15) is 0 Å². The summed E-state index contributed by atoms with van der Waals surface area (Å²) in [4.78, 5) is 38.7. The van der Waals surface area contributed by atoms with Gasteiger partial charge in [0, 0.05) is 13.8 Å². The van der Waals surface area contributed by atoms with Gasteiger partial charge in [-0.15, -0.1) is 0 Å². The van der Waals surface area contributed by atoms with Gasteiger partial charge in [0.2, 0.25) is 0 Å². The number of rotatable bonds is 4. The monoisotopic (exact) mass is 293 g/mol. The summed E-state index contributed by atoms with van der Waals surface area (Å²) in [5.74, 6) is -4.01. The minimum atomic E-state index is -1.39. The maximum atomic E-state index is 9.83. The predicted octanol–water partition coefficient (Wildman–Crippen LogP) is -3.40. The molecule has 0 saturated heterocycles. The molecular weight excluding hydrogens is 283 g/mol. The molecule has 0 aliphatic carbocycles. The molecule has 0 unspecified atom stereocenters. The molecule has 17 heavy (non-hydrogen) atoms. The Morgan fingerprint density at radius 1 is 0.824 bits per heavy atom. The van der Waals surface area contributed by atoms with Crippen LogP contribution in [0, 0.1) is 0 Å². The summed E-state index contributed by atoms with van der Waals surface area (Å²) in [6.07, 6.45) is 0. The maximum absolute atomic E-state index is 9.83. The molecule has 0 atom stereocenters. The molecule has 0 saturated carbocycles. The molecule has 0 N–H and O–H groups in total. The molecule has 0 rings (SSSR count). The van der Waals surface area contributed by atoms with Crippen molar-refractivity contribution in [1.29, 1.82) is 0 Å². The SMILES string of the molecule is CC(=O)OCC(=O)[O-].CC(=O)OCC(=O)[O-].[Co+2]. The molecule has 0 aromatic heterocycles. The van der Waals surface area contributed by atoms with Crippen LogP contribution in [0.2, 0.25) is 0 Å². The van der Waals surface area contributed by atoms with Crippen molar-refractivity contribution in [3.8, 4) is 0 Å². The number of carbonyl (C=O) groups excluding carboxylic acids is 4. The minimum absolute atomic E-state index is 0. The van der Waals surface area contributed by atoms with Gasteiger partial charge in [0.15, 0.2) is 0 Å². The quantitative estimate of drug-likeness (QED) is 0.490. The van der Waals surface area contributed by atoms with Crippen molar-refractivity contribution in [3.05, 3.63) is 0 Å². The Morgan fingerprint density at radius 3 is 1.12 bits per heavy atom. The van der Waals surface area contributed by atoms with E-state index in [0.29, 0.717) is 0 Å². The molecule has 9 heteroatoms. The fourth-order valence-corrected chi connectivity index (χ4v) is 0.321. The molecule has 0 heterocycles. The topological polar surface area (TPSA) is 133 Å². The summed E-state index contributed by atoms with van der Waals surface area (Å²) >= 11 is 0. The summed E-state index contributed by atoms with van der Waals surface area (Å²) in [6, 6.07) is 0. The van der Waals surface area contributed by atoms with Gasteiger partial charge < -0.3 is 29.3 Å². The first-order chi connectivity index (χ1) is 7.25. The smallest absolute Gasteiger partial charge is 0.546 e. The summed E-state index contributed by atoms with van der Waals surface area (Å²) in [5, 5.41) is 19.0. The van der Waals surface area contributed by atoms with Crippen LogP contribution in [-0.4, -0.2) is 37.1 Å². The van der Waals surface area contributed by atoms with Crippen LogP contribution in [0.15, 0.2) is 0 Å². The van der Waals surface area contributed by atoms with E-state index in [9.17, 15) is 29.4 Å². The normalized spacial score (nSPS) is 7.65. The van der Waals surface area contributed by atoms with Crippen molar-refractivity contribution in [2.24, 2.45) is 0 Å². The van der Waals surface area contributed by atoms with Crippen LogP contribution in [0.25, 0.3) is 0 Å². The molecule has 0 spiro atoms. The largest absolute Gasteiger partial charge is 2.00 e. The van der Waals surface area contributed by atoms with Crippen molar-refractivity contribution in [3.63, 3.8) is 0 Å². The Morgan fingerprint density at radius 2 is 1.06 bits per heavy atom. The van der Waals surface area contributed by atoms with Crippen LogP contribution in [0.3, 0.4) is 0 Å². The first-order valence-corrected chi connectivity index (χ1v) is 3.92. The number of carboxylic acid groups (broad SMARTS) is 2. The molecule has 0 fully saturated rings. The van der Waals surface area contributed by atoms with Crippen molar-refractivity contribution >= 4 is 23.9 Å². The van der Waals surface area contributed by atoms with Crippen molar-refractivity contribution < 1.29 is 55.6 Å². The Bertz CT molecular complexity index is 219. The Kier molecular flexibility index (Phi) is 15.2. The molecule has 1 radical (unpaired) electrons. The maximum Gasteiger partial charge on any atom is 2.00 e. The third-order valence-electron chi connectivity index (χ3n) is 0.787. The zero-order chi connectivity index (χ0) is 13.1. The molecule has 0 aromatic rings. The first kappa shape index (κ1) is 20.8. The second-order valence-electron chi connectivity index (χ2n) is 2.30. The summed E-state index contributed by atoms with van der Waals surface area (Å²) in [5.41, 5.74) is 0. The Labute approximate surface area is 107 Å².